The van der Waals surface area contributed by atoms with Gasteiger partial charge in [0.05, 0.1) is 12.7 Å². The summed E-state index contributed by atoms with van der Waals surface area (Å²) >= 11 is 0. The van der Waals surface area contributed by atoms with Crippen LogP contribution in [0.5, 0.6) is 5.75 Å². The van der Waals surface area contributed by atoms with Crippen LogP contribution in [0.1, 0.15) is 21.8 Å². The van der Waals surface area contributed by atoms with Gasteiger partial charge >= 0.3 is 0 Å². The fraction of sp³-hybridized carbons (Fsp3) is 0.190. The zero-order valence-corrected chi connectivity index (χ0v) is 15.4. The quantitative estimate of drug-likeness (QED) is 0.596. The highest BCUT2D eigenvalue weighted by Crippen LogP contribution is 2.21. The van der Waals surface area contributed by atoms with Crippen LogP contribution in [0.25, 0.3) is 11.4 Å². The Bertz CT molecular complexity index is 949. The monoisotopic (exact) mass is 363 g/mol. The third-order valence-electron chi connectivity index (χ3n) is 4.04. The van der Waals surface area contributed by atoms with Gasteiger partial charge in [0.2, 0.25) is 11.7 Å². The number of aromatic nitrogens is 2. The van der Waals surface area contributed by atoms with Crippen LogP contribution < -0.4 is 4.74 Å². The highest BCUT2D eigenvalue weighted by atomic mass is 16.5. The summed E-state index contributed by atoms with van der Waals surface area (Å²) in [6.45, 7) is 6.26. The van der Waals surface area contributed by atoms with Crippen LogP contribution in [0, 0.1) is 6.92 Å². The van der Waals surface area contributed by atoms with Gasteiger partial charge in [-0.3, -0.25) is 4.79 Å². The zero-order chi connectivity index (χ0) is 19.2. The van der Waals surface area contributed by atoms with E-state index in [1.165, 1.54) is 7.11 Å². The Balaban J connectivity index is 1.83. The smallest absolute Gasteiger partial charge is 0.258 e. The Labute approximate surface area is 158 Å². The number of amides is 1. The molecule has 0 atom stereocenters. The Morgan fingerprint density at radius 3 is 2.81 bits per heavy atom. The van der Waals surface area contributed by atoms with Crippen LogP contribution >= 0.6 is 0 Å². The molecular weight excluding hydrogens is 342 g/mol. The van der Waals surface area contributed by atoms with E-state index in [-0.39, 0.29) is 12.5 Å². The van der Waals surface area contributed by atoms with Gasteiger partial charge < -0.3 is 14.2 Å². The summed E-state index contributed by atoms with van der Waals surface area (Å²) < 4.78 is 10.7. The second-order valence-electron chi connectivity index (χ2n) is 6.06. The van der Waals surface area contributed by atoms with Crippen LogP contribution in [-0.2, 0) is 6.54 Å². The molecule has 1 amide bonds. The summed E-state index contributed by atoms with van der Waals surface area (Å²) in [6.07, 6.45) is 1.66. The number of benzene rings is 2. The Morgan fingerprint density at radius 2 is 2.07 bits per heavy atom. The summed E-state index contributed by atoms with van der Waals surface area (Å²) in [6, 6.07) is 14.9. The number of para-hydroxylation sites is 1. The first-order valence-electron chi connectivity index (χ1n) is 8.55. The van der Waals surface area contributed by atoms with E-state index in [9.17, 15) is 4.79 Å². The fourth-order valence-corrected chi connectivity index (χ4v) is 2.75. The molecule has 3 rings (SSSR count). The minimum atomic E-state index is -0.192. The molecule has 6 heteroatoms. The topological polar surface area (TPSA) is 68.5 Å². The van der Waals surface area contributed by atoms with E-state index < -0.39 is 0 Å². The largest absolute Gasteiger partial charge is 0.496 e. The molecule has 2 aromatic carbocycles. The fourth-order valence-electron chi connectivity index (χ4n) is 2.75. The molecule has 0 radical (unpaired) electrons. The average Bonchev–Trinajstić information content (AvgIpc) is 3.16. The zero-order valence-electron chi connectivity index (χ0n) is 15.4. The van der Waals surface area contributed by atoms with Crippen LogP contribution in [-0.4, -0.2) is 34.6 Å². The molecule has 6 nitrogen and oxygen atoms in total. The van der Waals surface area contributed by atoms with E-state index in [1.54, 1.807) is 29.2 Å². The maximum absolute atomic E-state index is 12.9. The first kappa shape index (κ1) is 18.4. The van der Waals surface area contributed by atoms with Crippen molar-refractivity contribution < 1.29 is 14.1 Å². The van der Waals surface area contributed by atoms with Crippen LogP contribution in [0.15, 0.2) is 65.7 Å². The maximum atomic E-state index is 12.9. The molecule has 0 aliphatic rings. The van der Waals surface area contributed by atoms with E-state index in [0.717, 1.165) is 11.1 Å². The second kappa shape index (κ2) is 8.31. The number of hydrogen-bond acceptors (Lipinski definition) is 5. The van der Waals surface area contributed by atoms with Gasteiger partial charge in [0, 0.05) is 12.1 Å². The molecule has 27 heavy (non-hydrogen) atoms. The van der Waals surface area contributed by atoms with E-state index >= 15 is 0 Å². The molecule has 0 saturated heterocycles. The first-order chi connectivity index (χ1) is 13.1. The van der Waals surface area contributed by atoms with E-state index in [0.29, 0.717) is 29.6 Å². The normalized spacial score (nSPS) is 10.4. The highest BCUT2D eigenvalue weighted by Gasteiger charge is 2.21. The molecule has 0 spiro atoms. The van der Waals surface area contributed by atoms with Gasteiger partial charge in [-0.1, -0.05) is 47.1 Å². The predicted octanol–water partition coefficient (Wildman–Crippen LogP) is 3.88. The molecule has 1 aromatic heterocycles. The van der Waals surface area contributed by atoms with Crippen molar-refractivity contribution in [2.75, 3.05) is 13.7 Å². The third-order valence-corrected chi connectivity index (χ3v) is 4.04. The molecule has 138 valence electrons. The molecule has 0 N–H and O–H groups in total. The van der Waals surface area contributed by atoms with Crippen LogP contribution in [0.3, 0.4) is 0 Å². The predicted molar refractivity (Wildman–Crippen MR) is 102 cm³/mol. The minimum Gasteiger partial charge on any atom is -0.496 e. The third kappa shape index (κ3) is 4.23. The number of hydrogen-bond donors (Lipinski definition) is 0. The van der Waals surface area contributed by atoms with Crippen molar-refractivity contribution in [3.8, 4) is 17.1 Å². The van der Waals surface area contributed by atoms with Gasteiger partial charge in [-0.25, -0.2) is 0 Å². The van der Waals surface area contributed by atoms with Crippen molar-refractivity contribution in [3.63, 3.8) is 0 Å². The Morgan fingerprint density at radius 1 is 1.26 bits per heavy atom. The van der Waals surface area contributed by atoms with Crippen molar-refractivity contribution in [2.24, 2.45) is 0 Å². The average molecular weight is 363 g/mol. The molecule has 0 unspecified atom stereocenters. The lowest BCUT2D eigenvalue weighted by atomic mass is 10.1. The molecule has 0 bridgehead atoms. The molecule has 1 heterocycles. The lowest BCUT2D eigenvalue weighted by Gasteiger charge is -2.20. The van der Waals surface area contributed by atoms with Crippen molar-refractivity contribution >= 4 is 5.91 Å². The number of nitrogens with zero attached hydrogens (tertiary/aromatic N) is 3. The van der Waals surface area contributed by atoms with E-state index in [2.05, 4.69) is 16.7 Å². The highest BCUT2D eigenvalue weighted by molar-refractivity contribution is 5.97. The number of aryl methyl sites for hydroxylation is 1. The number of carbonyl (C=O) groups is 1. The van der Waals surface area contributed by atoms with Crippen LogP contribution in [0.2, 0.25) is 0 Å². The first-order valence-corrected chi connectivity index (χ1v) is 8.55. The number of ether oxygens (including phenoxy) is 1. The molecule has 0 aliphatic heterocycles. The minimum absolute atomic E-state index is 0.182. The summed E-state index contributed by atoms with van der Waals surface area (Å²) in [5.41, 5.74) is 2.45. The Hall–Kier alpha value is -3.41. The lowest BCUT2D eigenvalue weighted by molar-refractivity contribution is 0.0742. The van der Waals surface area contributed by atoms with Crippen molar-refractivity contribution in [1.82, 2.24) is 15.0 Å². The number of methoxy groups -OCH3 is 1. The Kier molecular flexibility index (Phi) is 5.66. The number of rotatable bonds is 7. The second-order valence-corrected chi connectivity index (χ2v) is 6.06. The van der Waals surface area contributed by atoms with Gasteiger partial charge in [-0.05, 0) is 25.1 Å². The lowest BCUT2D eigenvalue weighted by Crippen LogP contribution is -2.31. The van der Waals surface area contributed by atoms with Gasteiger partial charge in [-0.2, -0.15) is 4.98 Å². The molecule has 0 fully saturated rings. The summed E-state index contributed by atoms with van der Waals surface area (Å²) in [5, 5.41) is 4.03. The maximum Gasteiger partial charge on any atom is 0.258 e. The van der Waals surface area contributed by atoms with Gasteiger partial charge in [0.15, 0.2) is 0 Å². The van der Waals surface area contributed by atoms with Gasteiger partial charge in [-0.15, -0.1) is 6.58 Å². The van der Waals surface area contributed by atoms with E-state index in [4.69, 9.17) is 9.26 Å². The molecule has 0 aliphatic carbocycles. The summed E-state index contributed by atoms with van der Waals surface area (Å²) in [5.74, 6) is 1.18. The molecule has 3 aromatic rings. The standard InChI is InChI=1S/C21H21N3O3/c1-4-12-24(21(25)17-10-5-6-11-18(17)26-3)14-19-22-20(23-27-19)16-9-7-8-15(2)13-16/h4-11,13H,1,12,14H2,2-3H3. The van der Waals surface area contributed by atoms with Crippen molar-refractivity contribution in [3.05, 3.63) is 78.2 Å². The number of carbonyl (C=O) groups excluding carboxylic acids is 1. The van der Waals surface area contributed by atoms with Gasteiger partial charge in [0.25, 0.3) is 5.91 Å². The summed E-state index contributed by atoms with van der Waals surface area (Å²) in [4.78, 5) is 19.0. The van der Waals surface area contributed by atoms with Crippen LogP contribution in [0.4, 0.5) is 0 Å². The van der Waals surface area contributed by atoms with Crippen molar-refractivity contribution in [1.29, 1.82) is 0 Å². The summed E-state index contributed by atoms with van der Waals surface area (Å²) in [7, 11) is 1.54. The SMILES string of the molecule is C=CCN(Cc1nc(-c2cccc(C)c2)no1)C(=O)c1ccccc1OC. The van der Waals surface area contributed by atoms with E-state index in [1.807, 2.05) is 37.3 Å². The van der Waals surface area contributed by atoms with Gasteiger partial charge in [0.1, 0.15) is 12.3 Å². The molecule has 0 saturated carbocycles. The van der Waals surface area contributed by atoms with Crippen molar-refractivity contribution in [2.45, 2.75) is 13.5 Å². The molecular formula is C21H21N3O3.